The molecule has 0 unspecified atom stereocenters. The minimum absolute atomic E-state index is 0.0713. The highest BCUT2D eigenvalue weighted by atomic mass is 16.2. The Bertz CT molecular complexity index is 659. The molecule has 1 aliphatic rings. The number of nitrogens with one attached hydrogen (secondary N) is 1. The molecule has 112 valence electrons. The van der Waals surface area contributed by atoms with Crippen molar-refractivity contribution in [2.45, 2.75) is 32.7 Å². The zero-order valence-electron chi connectivity index (χ0n) is 12.9. The Labute approximate surface area is 125 Å². The molecule has 1 aromatic heterocycles. The summed E-state index contributed by atoms with van der Waals surface area (Å²) < 4.78 is 2.27. The number of aromatic nitrogens is 1. The van der Waals surface area contributed by atoms with Crippen molar-refractivity contribution in [1.29, 1.82) is 0 Å². The Morgan fingerprint density at radius 1 is 1.33 bits per heavy atom. The number of amides is 2. The molecule has 0 atom stereocenters. The Hall–Kier alpha value is -1.97. The lowest BCUT2D eigenvalue weighted by Gasteiger charge is -2.28. The molecule has 21 heavy (non-hydrogen) atoms. The van der Waals surface area contributed by atoms with Gasteiger partial charge >= 0.3 is 6.03 Å². The molecule has 2 aromatic rings. The number of carbonyl (C=O) groups excluding carboxylic acids is 1. The van der Waals surface area contributed by atoms with E-state index >= 15 is 0 Å². The number of benzene rings is 1. The van der Waals surface area contributed by atoms with Crippen LogP contribution < -0.4 is 5.32 Å². The maximum atomic E-state index is 12.2. The molecule has 1 N–H and O–H groups in total. The second kappa shape index (κ2) is 5.80. The lowest BCUT2D eigenvalue weighted by Crippen LogP contribution is -2.43. The monoisotopic (exact) mass is 285 g/mol. The van der Waals surface area contributed by atoms with Crippen LogP contribution in [0.5, 0.6) is 0 Å². The third-order valence-corrected chi connectivity index (χ3v) is 4.41. The number of fused-ring (bicyclic) bond motifs is 3. The molecule has 0 saturated carbocycles. The predicted octanol–water partition coefficient (Wildman–Crippen LogP) is 3.05. The SMILES string of the molecule is CCCCNC(=O)N1CCc2c(c3ccccc3n2C)C1. The Morgan fingerprint density at radius 2 is 2.14 bits per heavy atom. The van der Waals surface area contributed by atoms with Gasteiger partial charge in [-0.2, -0.15) is 0 Å². The molecule has 4 nitrogen and oxygen atoms in total. The van der Waals surface area contributed by atoms with Gasteiger partial charge in [-0.1, -0.05) is 31.5 Å². The molecule has 1 aromatic carbocycles. The van der Waals surface area contributed by atoms with E-state index in [2.05, 4.69) is 48.1 Å². The van der Waals surface area contributed by atoms with Crippen LogP contribution in [0.2, 0.25) is 0 Å². The van der Waals surface area contributed by atoms with Crippen molar-refractivity contribution in [2.24, 2.45) is 7.05 Å². The van der Waals surface area contributed by atoms with Gasteiger partial charge in [0.2, 0.25) is 0 Å². The van der Waals surface area contributed by atoms with Crippen LogP contribution in [0.25, 0.3) is 10.9 Å². The van der Waals surface area contributed by atoms with Gasteiger partial charge in [-0.25, -0.2) is 4.79 Å². The molecule has 0 radical (unpaired) electrons. The van der Waals surface area contributed by atoms with Gasteiger partial charge in [0, 0.05) is 55.3 Å². The normalized spacial score (nSPS) is 14.3. The number of urea groups is 1. The van der Waals surface area contributed by atoms with Gasteiger partial charge in [-0.05, 0) is 12.5 Å². The van der Waals surface area contributed by atoms with Crippen LogP contribution in [0.3, 0.4) is 0 Å². The van der Waals surface area contributed by atoms with Crippen molar-refractivity contribution >= 4 is 16.9 Å². The number of hydrogen-bond donors (Lipinski definition) is 1. The fraction of sp³-hybridized carbons (Fsp3) is 0.471. The number of nitrogens with zero attached hydrogens (tertiary/aromatic N) is 2. The van der Waals surface area contributed by atoms with Crippen LogP contribution in [-0.2, 0) is 20.0 Å². The number of unbranched alkanes of at least 4 members (excludes halogenated alkanes) is 1. The standard InChI is InChI=1S/C17H23N3O/c1-3-4-10-18-17(21)20-11-9-16-14(12-20)13-7-5-6-8-15(13)19(16)2/h5-8H,3-4,9-12H2,1-2H3,(H,18,21). The Morgan fingerprint density at radius 3 is 2.95 bits per heavy atom. The van der Waals surface area contributed by atoms with Crippen molar-refractivity contribution in [3.8, 4) is 0 Å². The average molecular weight is 285 g/mol. The molecule has 3 rings (SSSR count). The fourth-order valence-electron chi connectivity index (χ4n) is 3.19. The summed E-state index contributed by atoms with van der Waals surface area (Å²) in [6.07, 6.45) is 3.08. The van der Waals surface area contributed by atoms with E-state index in [0.717, 1.165) is 32.4 Å². The van der Waals surface area contributed by atoms with E-state index < -0.39 is 0 Å². The summed E-state index contributed by atoms with van der Waals surface area (Å²) in [5.41, 5.74) is 3.94. The highest BCUT2D eigenvalue weighted by molar-refractivity contribution is 5.86. The van der Waals surface area contributed by atoms with E-state index in [1.54, 1.807) is 0 Å². The highest BCUT2D eigenvalue weighted by Crippen LogP contribution is 2.29. The molecule has 4 heteroatoms. The average Bonchev–Trinajstić information content (AvgIpc) is 2.81. The van der Waals surface area contributed by atoms with Crippen LogP contribution in [0.15, 0.2) is 24.3 Å². The van der Waals surface area contributed by atoms with Gasteiger partial charge in [-0.3, -0.25) is 0 Å². The van der Waals surface area contributed by atoms with Crippen LogP contribution in [0.1, 0.15) is 31.0 Å². The summed E-state index contributed by atoms with van der Waals surface area (Å²) in [7, 11) is 2.12. The smallest absolute Gasteiger partial charge is 0.317 e. The molecule has 0 spiro atoms. The van der Waals surface area contributed by atoms with Crippen LogP contribution in [0, 0.1) is 0 Å². The number of carbonyl (C=O) groups is 1. The summed E-state index contributed by atoms with van der Waals surface area (Å²) in [5, 5.41) is 4.30. The first kappa shape index (κ1) is 14.0. The molecular formula is C17H23N3O. The Kier molecular flexibility index (Phi) is 3.86. The second-order valence-corrected chi connectivity index (χ2v) is 5.76. The first-order valence-electron chi connectivity index (χ1n) is 7.80. The van der Waals surface area contributed by atoms with Crippen LogP contribution >= 0.6 is 0 Å². The van der Waals surface area contributed by atoms with E-state index in [4.69, 9.17) is 0 Å². The van der Waals surface area contributed by atoms with Crippen molar-refractivity contribution in [3.63, 3.8) is 0 Å². The first-order valence-corrected chi connectivity index (χ1v) is 7.80. The van der Waals surface area contributed by atoms with Crippen molar-refractivity contribution in [2.75, 3.05) is 13.1 Å². The summed E-state index contributed by atoms with van der Waals surface area (Å²) in [4.78, 5) is 14.2. The van der Waals surface area contributed by atoms with E-state index in [9.17, 15) is 4.79 Å². The van der Waals surface area contributed by atoms with E-state index in [1.807, 2.05) is 4.90 Å². The lowest BCUT2D eigenvalue weighted by molar-refractivity contribution is 0.192. The van der Waals surface area contributed by atoms with Crippen molar-refractivity contribution < 1.29 is 4.79 Å². The number of aryl methyl sites for hydroxylation is 1. The van der Waals surface area contributed by atoms with Gasteiger partial charge in [-0.15, -0.1) is 0 Å². The molecule has 0 bridgehead atoms. The lowest BCUT2D eigenvalue weighted by atomic mass is 10.0. The van der Waals surface area contributed by atoms with E-state index in [-0.39, 0.29) is 6.03 Å². The maximum absolute atomic E-state index is 12.2. The van der Waals surface area contributed by atoms with Gasteiger partial charge in [0.05, 0.1) is 0 Å². The number of rotatable bonds is 3. The number of hydrogen-bond acceptors (Lipinski definition) is 1. The quantitative estimate of drug-likeness (QED) is 0.865. The molecular weight excluding hydrogens is 262 g/mol. The van der Waals surface area contributed by atoms with Crippen LogP contribution in [-0.4, -0.2) is 28.6 Å². The van der Waals surface area contributed by atoms with E-state index in [0.29, 0.717) is 6.54 Å². The third kappa shape index (κ3) is 2.50. The second-order valence-electron chi connectivity index (χ2n) is 5.76. The zero-order valence-corrected chi connectivity index (χ0v) is 12.9. The highest BCUT2D eigenvalue weighted by Gasteiger charge is 2.25. The summed E-state index contributed by atoms with van der Waals surface area (Å²) in [6, 6.07) is 8.53. The summed E-state index contributed by atoms with van der Waals surface area (Å²) in [6.45, 7) is 4.42. The predicted molar refractivity (Wildman–Crippen MR) is 85.3 cm³/mol. The molecule has 0 saturated heterocycles. The molecule has 0 aliphatic carbocycles. The first-order chi connectivity index (χ1) is 10.2. The third-order valence-electron chi connectivity index (χ3n) is 4.41. The molecule has 0 fully saturated rings. The zero-order chi connectivity index (χ0) is 14.8. The summed E-state index contributed by atoms with van der Waals surface area (Å²) in [5.74, 6) is 0. The van der Waals surface area contributed by atoms with Gasteiger partial charge in [0.1, 0.15) is 0 Å². The summed E-state index contributed by atoms with van der Waals surface area (Å²) >= 11 is 0. The van der Waals surface area contributed by atoms with Gasteiger partial charge in [0.25, 0.3) is 0 Å². The number of para-hydroxylation sites is 1. The van der Waals surface area contributed by atoms with Crippen LogP contribution in [0.4, 0.5) is 4.79 Å². The molecule has 1 aliphatic heterocycles. The largest absolute Gasteiger partial charge is 0.347 e. The Balaban J connectivity index is 1.82. The van der Waals surface area contributed by atoms with E-state index in [1.165, 1.54) is 22.2 Å². The molecule has 2 heterocycles. The minimum atomic E-state index is 0.0713. The van der Waals surface area contributed by atoms with Crippen molar-refractivity contribution in [3.05, 3.63) is 35.5 Å². The fourth-order valence-corrected chi connectivity index (χ4v) is 3.19. The van der Waals surface area contributed by atoms with Gasteiger partial charge in [0.15, 0.2) is 0 Å². The topological polar surface area (TPSA) is 37.3 Å². The van der Waals surface area contributed by atoms with Gasteiger partial charge < -0.3 is 14.8 Å². The minimum Gasteiger partial charge on any atom is -0.347 e. The van der Waals surface area contributed by atoms with Crippen molar-refractivity contribution in [1.82, 2.24) is 14.8 Å². The molecule has 2 amide bonds. The maximum Gasteiger partial charge on any atom is 0.317 e.